The van der Waals surface area contributed by atoms with Crippen molar-refractivity contribution in [3.63, 3.8) is 0 Å². The first-order valence-electron chi connectivity index (χ1n) is 4.77. The molecule has 0 aliphatic carbocycles. The zero-order valence-electron chi connectivity index (χ0n) is 8.38. The lowest BCUT2D eigenvalue weighted by Gasteiger charge is -2.32. The van der Waals surface area contributed by atoms with Crippen LogP contribution in [0.5, 0.6) is 0 Å². The van der Waals surface area contributed by atoms with Crippen LogP contribution in [-0.4, -0.2) is 45.5 Å². The van der Waals surface area contributed by atoms with E-state index < -0.39 is 6.04 Å². The van der Waals surface area contributed by atoms with Gasteiger partial charge in [0, 0.05) is 25.5 Å². The fourth-order valence-electron chi connectivity index (χ4n) is 1.56. The molecule has 1 fully saturated rings. The van der Waals surface area contributed by atoms with Gasteiger partial charge in [-0.25, -0.2) is 9.78 Å². The van der Waals surface area contributed by atoms with Crippen LogP contribution in [-0.2, 0) is 4.79 Å². The summed E-state index contributed by atoms with van der Waals surface area (Å²) in [5.74, 6) is -0.116. The highest BCUT2D eigenvalue weighted by Crippen LogP contribution is 2.06. The number of amides is 2. The smallest absolute Gasteiger partial charge is 0.330 e. The zero-order chi connectivity index (χ0) is 10.8. The minimum Gasteiger partial charge on any atom is -0.353 e. The molecule has 1 aromatic rings. The first-order valence-corrected chi connectivity index (χ1v) is 4.77. The Morgan fingerprint density at radius 2 is 2.47 bits per heavy atom. The second kappa shape index (κ2) is 3.72. The molecule has 15 heavy (non-hydrogen) atoms. The third kappa shape index (κ3) is 1.70. The second-order valence-corrected chi connectivity index (χ2v) is 3.41. The summed E-state index contributed by atoms with van der Waals surface area (Å²) in [5.41, 5.74) is 0. The molecular formula is C9H12N4O2. The Kier molecular flexibility index (Phi) is 2.40. The predicted octanol–water partition coefficient (Wildman–Crippen LogP) is -0.329. The SMILES string of the molecule is CC1C(=O)NCCN1C(=O)n1ccnc1. The number of imidazole rings is 1. The van der Waals surface area contributed by atoms with E-state index in [1.165, 1.54) is 22.0 Å². The molecule has 1 aliphatic rings. The lowest BCUT2D eigenvalue weighted by Crippen LogP contribution is -2.56. The van der Waals surface area contributed by atoms with Crippen molar-refractivity contribution in [2.45, 2.75) is 13.0 Å². The number of rotatable bonds is 0. The van der Waals surface area contributed by atoms with Crippen LogP contribution < -0.4 is 5.32 Å². The normalized spacial score (nSPS) is 21.3. The molecular weight excluding hydrogens is 196 g/mol. The fraction of sp³-hybridized carbons (Fsp3) is 0.444. The molecule has 1 aromatic heterocycles. The number of carbonyl (C=O) groups is 2. The number of hydrogen-bond donors (Lipinski definition) is 1. The molecule has 2 amide bonds. The highest BCUT2D eigenvalue weighted by atomic mass is 16.2. The molecule has 0 spiro atoms. The van der Waals surface area contributed by atoms with Crippen LogP contribution in [0.1, 0.15) is 6.92 Å². The molecule has 6 nitrogen and oxygen atoms in total. The third-order valence-corrected chi connectivity index (χ3v) is 2.47. The quantitative estimate of drug-likeness (QED) is 0.635. The topological polar surface area (TPSA) is 67.2 Å². The number of piperazine rings is 1. The van der Waals surface area contributed by atoms with E-state index in [0.717, 1.165) is 0 Å². The summed E-state index contributed by atoms with van der Waals surface area (Å²) in [5, 5.41) is 2.70. The monoisotopic (exact) mass is 208 g/mol. The second-order valence-electron chi connectivity index (χ2n) is 3.41. The van der Waals surface area contributed by atoms with Gasteiger partial charge in [0.05, 0.1) is 0 Å². The predicted molar refractivity (Wildman–Crippen MR) is 52.2 cm³/mol. The van der Waals surface area contributed by atoms with Gasteiger partial charge in [0.15, 0.2) is 0 Å². The van der Waals surface area contributed by atoms with Crippen molar-refractivity contribution >= 4 is 11.9 Å². The maximum absolute atomic E-state index is 11.9. The summed E-state index contributed by atoms with van der Waals surface area (Å²) < 4.78 is 1.37. The van der Waals surface area contributed by atoms with Crippen LogP contribution in [0.15, 0.2) is 18.7 Å². The fourth-order valence-corrected chi connectivity index (χ4v) is 1.56. The molecule has 1 aliphatic heterocycles. The molecule has 1 N–H and O–H groups in total. The summed E-state index contributed by atoms with van der Waals surface area (Å²) in [6.45, 7) is 2.75. The minimum absolute atomic E-state index is 0.116. The molecule has 0 radical (unpaired) electrons. The third-order valence-electron chi connectivity index (χ3n) is 2.47. The van der Waals surface area contributed by atoms with E-state index >= 15 is 0 Å². The van der Waals surface area contributed by atoms with Crippen LogP contribution in [0, 0.1) is 0 Å². The standard InChI is InChI=1S/C9H12N4O2/c1-7-8(14)11-3-5-13(7)9(15)12-4-2-10-6-12/h2,4,6-7H,3,5H2,1H3,(H,11,14). The van der Waals surface area contributed by atoms with Crippen molar-refractivity contribution in [2.24, 2.45) is 0 Å². The Bertz CT molecular complexity index is 373. The average Bonchev–Trinajstić information content (AvgIpc) is 2.74. The van der Waals surface area contributed by atoms with Gasteiger partial charge in [-0.3, -0.25) is 9.36 Å². The zero-order valence-corrected chi connectivity index (χ0v) is 8.38. The van der Waals surface area contributed by atoms with Gasteiger partial charge in [-0.1, -0.05) is 0 Å². The maximum Gasteiger partial charge on any atom is 0.330 e. The molecule has 0 saturated carbocycles. The lowest BCUT2D eigenvalue weighted by molar-refractivity contribution is -0.126. The van der Waals surface area contributed by atoms with Crippen LogP contribution >= 0.6 is 0 Å². The minimum atomic E-state index is -0.423. The highest BCUT2D eigenvalue weighted by Gasteiger charge is 2.29. The maximum atomic E-state index is 11.9. The van der Waals surface area contributed by atoms with Gasteiger partial charge >= 0.3 is 6.03 Å². The van der Waals surface area contributed by atoms with Gasteiger partial charge in [0.2, 0.25) is 5.91 Å². The van der Waals surface area contributed by atoms with Gasteiger partial charge in [-0.2, -0.15) is 0 Å². The number of carbonyl (C=O) groups excluding carboxylic acids is 2. The molecule has 80 valence electrons. The van der Waals surface area contributed by atoms with Crippen molar-refractivity contribution < 1.29 is 9.59 Å². The van der Waals surface area contributed by atoms with Crippen molar-refractivity contribution in [1.82, 2.24) is 19.8 Å². The number of hydrogen-bond acceptors (Lipinski definition) is 3. The van der Waals surface area contributed by atoms with E-state index in [4.69, 9.17) is 0 Å². The number of nitrogens with one attached hydrogen (secondary N) is 1. The lowest BCUT2D eigenvalue weighted by atomic mass is 10.2. The molecule has 6 heteroatoms. The molecule has 1 saturated heterocycles. The van der Waals surface area contributed by atoms with Gasteiger partial charge in [-0.15, -0.1) is 0 Å². The Hall–Kier alpha value is -1.85. The van der Waals surface area contributed by atoms with Crippen LogP contribution in [0.4, 0.5) is 4.79 Å². The van der Waals surface area contributed by atoms with E-state index in [9.17, 15) is 9.59 Å². The first kappa shape index (κ1) is 9.70. The summed E-state index contributed by atoms with van der Waals surface area (Å²) in [4.78, 5) is 28.6. The summed E-state index contributed by atoms with van der Waals surface area (Å²) in [7, 11) is 0. The Labute approximate surface area is 86.9 Å². The van der Waals surface area contributed by atoms with Crippen molar-refractivity contribution in [3.8, 4) is 0 Å². The van der Waals surface area contributed by atoms with Crippen LogP contribution in [0.3, 0.4) is 0 Å². The molecule has 2 rings (SSSR count). The summed E-state index contributed by atoms with van der Waals surface area (Å²) >= 11 is 0. The summed E-state index contributed by atoms with van der Waals surface area (Å²) in [6, 6.07) is -0.636. The van der Waals surface area contributed by atoms with E-state index in [0.29, 0.717) is 13.1 Å². The molecule has 0 bridgehead atoms. The van der Waals surface area contributed by atoms with E-state index in [1.807, 2.05) is 0 Å². The Morgan fingerprint density at radius 1 is 1.67 bits per heavy atom. The van der Waals surface area contributed by atoms with Gasteiger partial charge < -0.3 is 10.2 Å². The number of aromatic nitrogens is 2. The summed E-state index contributed by atoms with van der Waals surface area (Å²) in [6.07, 6.45) is 4.54. The van der Waals surface area contributed by atoms with Gasteiger partial charge in [0.1, 0.15) is 12.4 Å². The van der Waals surface area contributed by atoms with Crippen molar-refractivity contribution in [2.75, 3.05) is 13.1 Å². The van der Waals surface area contributed by atoms with Crippen LogP contribution in [0.2, 0.25) is 0 Å². The highest BCUT2D eigenvalue weighted by molar-refractivity contribution is 5.88. The molecule has 1 atom stereocenters. The van der Waals surface area contributed by atoms with E-state index in [-0.39, 0.29) is 11.9 Å². The van der Waals surface area contributed by atoms with Gasteiger partial charge in [0.25, 0.3) is 0 Å². The van der Waals surface area contributed by atoms with Crippen LogP contribution in [0.25, 0.3) is 0 Å². The van der Waals surface area contributed by atoms with Crippen molar-refractivity contribution in [1.29, 1.82) is 0 Å². The largest absolute Gasteiger partial charge is 0.353 e. The molecule has 0 aromatic carbocycles. The Balaban J connectivity index is 2.16. The Morgan fingerprint density at radius 3 is 3.13 bits per heavy atom. The van der Waals surface area contributed by atoms with E-state index in [2.05, 4.69) is 10.3 Å². The first-order chi connectivity index (χ1) is 7.20. The van der Waals surface area contributed by atoms with E-state index in [1.54, 1.807) is 13.1 Å². The molecule has 2 heterocycles. The number of nitrogens with zero attached hydrogens (tertiary/aromatic N) is 3. The van der Waals surface area contributed by atoms with Gasteiger partial charge in [-0.05, 0) is 6.92 Å². The molecule has 1 unspecified atom stereocenters. The van der Waals surface area contributed by atoms with Crippen molar-refractivity contribution in [3.05, 3.63) is 18.7 Å². The average molecular weight is 208 g/mol.